The van der Waals surface area contributed by atoms with Crippen LogP contribution in [-0.2, 0) is 9.53 Å². The van der Waals surface area contributed by atoms with E-state index >= 15 is 0 Å². The number of nitrogens with zero attached hydrogens (tertiary/aromatic N) is 2. The lowest BCUT2D eigenvalue weighted by Gasteiger charge is -2.21. The van der Waals surface area contributed by atoms with Crippen molar-refractivity contribution in [3.8, 4) is 0 Å². The molecule has 0 amide bonds. The maximum Gasteiger partial charge on any atom is 0.304 e. The Morgan fingerprint density at radius 3 is 2.62 bits per heavy atom. The van der Waals surface area contributed by atoms with Crippen LogP contribution in [0.15, 0.2) is 18.7 Å². The fraction of sp³-hybridized carbons (Fsp3) is 0.556. The van der Waals surface area contributed by atoms with Crippen LogP contribution < -0.4 is 0 Å². The largest absolute Gasteiger partial charge is 0.441 e. The minimum atomic E-state index is -0.271. The van der Waals surface area contributed by atoms with Crippen LogP contribution >= 0.6 is 0 Å². The zero-order valence-electron chi connectivity index (χ0n) is 8.10. The molecule has 0 bridgehead atoms. The lowest BCUT2D eigenvalue weighted by Crippen LogP contribution is -2.19. The van der Waals surface area contributed by atoms with Crippen LogP contribution in [0.1, 0.15) is 27.0 Å². The Kier molecular flexibility index (Phi) is 3.06. The third-order valence-electron chi connectivity index (χ3n) is 1.68. The zero-order valence-corrected chi connectivity index (χ0v) is 8.10. The second-order valence-electron chi connectivity index (χ2n) is 3.25. The molecule has 0 radical (unpaired) electrons. The van der Waals surface area contributed by atoms with Crippen molar-refractivity contribution in [1.82, 2.24) is 9.55 Å². The smallest absolute Gasteiger partial charge is 0.304 e. The number of carbonyl (C=O) groups excluding carboxylic acids is 1. The van der Waals surface area contributed by atoms with Gasteiger partial charge in [0, 0.05) is 25.2 Å². The van der Waals surface area contributed by atoms with Gasteiger partial charge in [-0.2, -0.15) is 0 Å². The van der Waals surface area contributed by atoms with E-state index in [9.17, 15) is 4.79 Å². The van der Waals surface area contributed by atoms with Crippen molar-refractivity contribution >= 4 is 5.97 Å². The Morgan fingerprint density at radius 2 is 2.23 bits per heavy atom. The van der Waals surface area contributed by atoms with Crippen molar-refractivity contribution in [3.05, 3.63) is 18.7 Å². The molecule has 1 unspecified atom stereocenters. The van der Waals surface area contributed by atoms with Crippen molar-refractivity contribution < 1.29 is 9.53 Å². The first-order valence-corrected chi connectivity index (χ1v) is 4.26. The molecule has 1 heterocycles. The molecule has 0 aliphatic carbocycles. The fourth-order valence-corrected chi connectivity index (χ4v) is 1.13. The van der Waals surface area contributed by atoms with Crippen LogP contribution in [0.3, 0.4) is 0 Å². The van der Waals surface area contributed by atoms with Crippen LogP contribution in [0.2, 0.25) is 0 Å². The van der Waals surface area contributed by atoms with Crippen molar-refractivity contribution in [2.24, 2.45) is 5.92 Å². The molecule has 1 rings (SSSR count). The first kappa shape index (κ1) is 9.77. The molecule has 13 heavy (non-hydrogen) atoms. The van der Waals surface area contributed by atoms with Crippen molar-refractivity contribution in [3.63, 3.8) is 0 Å². The maximum absolute atomic E-state index is 10.8. The zero-order chi connectivity index (χ0) is 9.84. The van der Waals surface area contributed by atoms with Crippen molar-refractivity contribution in [1.29, 1.82) is 0 Å². The van der Waals surface area contributed by atoms with Crippen LogP contribution in [0.4, 0.5) is 0 Å². The average molecular weight is 182 g/mol. The topological polar surface area (TPSA) is 44.1 Å². The molecule has 0 aliphatic heterocycles. The molecule has 0 aromatic carbocycles. The SMILES string of the molecule is CC(=O)OC(C(C)C)n1ccnc1. The molecule has 0 saturated carbocycles. The molecule has 4 nitrogen and oxygen atoms in total. The quantitative estimate of drug-likeness (QED) is 0.667. The number of hydrogen-bond acceptors (Lipinski definition) is 3. The van der Waals surface area contributed by atoms with E-state index in [0.717, 1.165) is 0 Å². The number of hydrogen-bond donors (Lipinski definition) is 0. The first-order valence-electron chi connectivity index (χ1n) is 4.26. The number of ether oxygens (including phenoxy) is 1. The third kappa shape index (κ3) is 2.57. The third-order valence-corrected chi connectivity index (χ3v) is 1.68. The lowest BCUT2D eigenvalue weighted by atomic mass is 10.2. The van der Waals surface area contributed by atoms with E-state index in [-0.39, 0.29) is 18.1 Å². The monoisotopic (exact) mass is 182 g/mol. The van der Waals surface area contributed by atoms with Gasteiger partial charge in [0.25, 0.3) is 0 Å². The highest BCUT2D eigenvalue weighted by molar-refractivity contribution is 5.66. The number of aromatic nitrogens is 2. The van der Waals surface area contributed by atoms with E-state index in [4.69, 9.17) is 4.74 Å². The molecule has 1 aromatic heterocycles. The van der Waals surface area contributed by atoms with E-state index in [1.165, 1.54) is 6.92 Å². The van der Waals surface area contributed by atoms with Crippen LogP contribution in [-0.4, -0.2) is 15.5 Å². The Labute approximate surface area is 77.5 Å². The van der Waals surface area contributed by atoms with Gasteiger partial charge in [0.1, 0.15) is 0 Å². The van der Waals surface area contributed by atoms with Crippen LogP contribution in [0, 0.1) is 5.92 Å². The second kappa shape index (κ2) is 4.07. The van der Waals surface area contributed by atoms with Crippen LogP contribution in [0.5, 0.6) is 0 Å². The summed E-state index contributed by atoms with van der Waals surface area (Å²) < 4.78 is 6.92. The van der Waals surface area contributed by atoms with E-state index in [1.54, 1.807) is 23.3 Å². The second-order valence-corrected chi connectivity index (χ2v) is 3.25. The van der Waals surface area contributed by atoms with E-state index in [1.807, 2.05) is 13.8 Å². The summed E-state index contributed by atoms with van der Waals surface area (Å²) in [7, 11) is 0. The molecule has 0 spiro atoms. The fourth-order valence-electron chi connectivity index (χ4n) is 1.13. The Hall–Kier alpha value is -1.32. The standard InChI is InChI=1S/C9H14N2O2/c1-7(2)9(13-8(3)12)11-5-4-10-6-11/h4-7,9H,1-3H3. The molecule has 1 aromatic rings. The molecule has 4 heteroatoms. The Bertz CT molecular complexity index is 267. The molecular weight excluding hydrogens is 168 g/mol. The van der Waals surface area contributed by atoms with Gasteiger partial charge in [-0.15, -0.1) is 0 Å². The summed E-state index contributed by atoms with van der Waals surface area (Å²) in [5.41, 5.74) is 0. The number of esters is 1. The van der Waals surface area contributed by atoms with E-state index < -0.39 is 0 Å². The lowest BCUT2D eigenvalue weighted by molar-refractivity contribution is -0.154. The number of carbonyl (C=O) groups is 1. The highest BCUT2D eigenvalue weighted by atomic mass is 16.6. The number of imidazole rings is 1. The molecular formula is C9H14N2O2. The predicted molar refractivity (Wildman–Crippen MR) is 47.9 cm³/mol. The molecule has 1 atom stereocenters. The normalized spacial score (nSPS) is 12.9. The van der Waals surface area contributed by atoms with Gasteiger partial charge >= 0.3 is 5.97 Å². The predicted octanol–water partition coefficient (Wildman–Crippen LogP) is 1.60. The Balaban J connectivity index is 2.74. The van der Waals surface area contributed by atoms with Crippen LogP contribution in [0.25, 0.3) is 0 Å². The maximum atomic E-state index is 10.8. The minimum absolute atomic E-state index is 0.234. The Morgan fingerprint density at radius 1 is 1.54 bits per heavy atom. The highest BCUT2D eigenvalue weighted by Crippen LogP contribution is 2.18. The first-order chi connectivity index (χ1) is 6.11. The van der Waals surface area contributed by atoms with E-state index in [2.05, 4.69) is 4.98 Å². The van der Waals surface area contributed by atoms with Gasteiger partial charge in [0.2, 0.25) is 0 Å². The van der Waals surface area contributed by atoms with Gasteiger partial charge in [-0.1, -0.05) is 13.8 Å². The summed E-state index contributed by atoms with van der Waals surface area (Å²) in [6.07, 6.45) is 4.85. The summed E-state index contributed by atoms with van der Waals surface area (Å²) in [5.74, 6) is -0.0366. The van der Waals surface area contributed by atoms with Crippen molar-refractivity contribution in [2.45, 2.75) is 27.0 Å². The summed E-state index contributed by atoms with van der Waals surface area (Å²) in [5, 5.41) is 0. The van der Waals surface area contributed by atoms with Gasteiger partial charge < -0.3 is 9.30 Å². The summed E-state index contributed by atoms with van der Waals surface area (Å²) >= 11 is 0. The van der Waals surface area contributed by atoms with Gasteiger partial charge in [0.05, 0.1) is 6.33 Å². The molecule has 0 saturated heterocycles. The average Bonchev–Trinajstić information content (AvgIpc) is 2.50. The highest BCUT2D eigenvalue weighted by Gasteiger charge is 2.17. The summed E-state index contributed by atoms with van der Waals surface area (Å²) in [6.45, 7) is 5.40. The van der Waals surface area contributed by atoms with Gasteiger partial charge in [-0.05, 0) is 0 Å². The van der Waals surface area contributed by atoms with Gasteiger partial charge in [0.15, 0.2) is 6.23 Å². The molecule has 72 valence electrons. The molecule has 0 N–H and O–H groups in total. The molecule has 0 aliphatic rings. The molecule has 0 fully saturated rings. The van der Waals surface area contributed by atoms with Crippen molar-refractivity contribution in [2.75, 3.05) is 0 Å². The number of rotatable bonds is 3. The van der Waals surface area contributed by atoms with E-state index in [0.29, 0.717) is 0 Å². The summed E-state index contributed by atoms with van der Waals surface area (Å²) in [4.78, 5) is 14.7. The minimum Gasteiger partial charge on any atom is -0.441 e. The van der Waals surface area contributed by atoms with Gasteiger partial charge in [-0.3, -0.25) is 4.79 Å². The summed E-state index contributed by atoms with van der Waals surface area (Å²) in [6, 6.07) is 0. The van der Waals surface area contributed by atoms with Gasteiger partial charge in [-0.25, -0.2) is 4.98 Å².